The molecule has 0 saturated heterocycles. The van der Waals surface area contributed by atoms with E-state index >= 15 is 0 Å². The fourth-order valence-corrected chi connectivity index (χ4v) is 1.91. The largest absolute Gasteiger partial charge is 0.207 e. The third-order valence-electron chi connectivity index (χ3n) is 3.17. The van der Waals surface area contributed by atoms with Crippen molar-refractivity contribution in [1.29, 1.82) is 5.26 Å². The van der Waals surface area contributed by atoms with Crippen LogP contribution in [-0.2, 0) is 5.41 Å². The first-order valence-electron chi connectivity index (χ1n) is 4.89. The van der Waals surface area contributed by atoms with Crippen molar-refractivity contribution in [3.63, 3.8) is 0 Å². The molecular weight excluding hydrogens is 196 g/mol. The van der Waals surface area contributed by atoms with Crippen LogP contribution in [0.1, 0.15) is 29.5 Å². The monoisotopic (exact) mass is 207 g/mol. The Morgan fingerprint density at radius 2 is 1.87 bits per heavy atom. The predicted molar refractivity (Wildman–Crippen MR) is 52.4 cm³/mol. The number of nitriles is 1. The molecule has 1 aromatic carbocycles. The van der Waals surface area contributed by atoms with Gasteiger partial charge in [0.1, 0.15) is 11.6 Å². The summed E-state index contributed by atoms with van der Waals surface area (Å²) in [6, 6.07) is 3.46. The lowest BCUT2D eigenvalue weighted by molar-refractivity contribution is 0.555. The van der Waals surface area contributed by atoms with Gasteiger partial charge in [0.2, 0.25) is 0 Å². The second-order valence-corrected chi connectivity index (χ2v) is 4.16. The summed E-state index contributed by atoms with van der Waals surface area (Å²) in [7, 11) is 0. The van der Waals surface area contributed by atoms with Gasteiger partial charge in [-0.15, -0.1) is 0 Å². The minimum atomic E-state index is -0.626. The maximum Gasteiger partial charge on any atom is 0.132 e. The minimum absolute atomic E-state index is 0.0324. The van der Waals surface area contributed by atoms with Crippen molar-refractivity contribution in [2.24, 2.45) is 0 Å². The molecule has 15 heavy (non-hydrogen) atoms. The minimum Gasteiger partial charge on any atom is -0.207 e. The van der Waals surface area contributed by atoms with Crippen molar-refractivity contribution in [3.05, 3.63) is 34.4 Å². The van der Waals surface area contributed by atoms with E-state index in [-0.39, 0.29) is 5.56 Å². The van der Waals surface area contributed by atoms with E-state index in [4.69, 9.17) is 5.26 Å². The molecule has 3 heteroatoms. The molecule has 1 fully saturated rings. The Morgan fingerprint density at radius 1 is 1.27 bits per heavy atom. The standard InChI is InChI=1S/C12H11F2N/c1-7-9(12(6-15)3-4-12)5-10(13)8(2)11(7)14/h5H,3-4H2,1-2H3. The average Bonchev–Trinajstić information content (AvgIpc) is 3.01. The molecule has 2 rings (SSSR count). The van der Waals surface area contributed by atoms with E-state index in [9.17, 15) is 8.78 Å². The zero-order chi connectivity index (χ0) is 11.2. The summed E-state index contributed by atoms with van der Waals surface area (Å²) in [5.74, 6) is -1.08. The number of hydrogen-bond donors (Lipinski definition) is 0. The van der Waals surface area contributed by atoms with Crippen LogP contribution in [0.5, 0.6) is 0 Å². The van der Waals surface area contributed by atoms with E-state index in [2.05, 4.69) is 6.07 Å². The van der Waals surface area contributed by atoms with Gasteiger partial charge >= 0.3 is 0 Å². The number of halogens is 2. The molecule has 1 aliphatic rings. The van der Waals surface area contributed by atoms with Gasteiger partial charge in [-0.2, -0.15) is 5.26 Å². The summed E-state index contributed by atoms with van der Waals surface area (Å²) in [5, 5.41) is 8.99. The Labute approximate surface area is 87.3 Å². The maximum absolute atomic E-state index is 13.6. The summed E-state index contributed by atoms with van der Waals surface area (Å²) in [6.45, 7) is 3.02. The van der Waals surface area contributed by atoms with Crippen LogP contribution in [-0.4, -0.2) is 0 Å². The van der Waals surface area contributed by atoms with Crippen LogP contribution in [0.15, 0.2) is 6.07 Å². The van der Waals surface area contributed by atoms with Crippen molar-refractivity contribution >= 4 is 0 Å². The fourth-order valence-electron chi connectivity index (χ4n) is 1.91. The molecular formula is C12H11F2N. The number of benzene rings is 1. The molecule has 0 N–H and O–H groups in total. The lowest BCUT2D eigenvalue weighted by atomic mass is 9.91. The van der Waals surface area contributed by atoms with Gasteiger partial charge in [0, 0.05) is 5.56 Å². The molecule has 0 unspecified atom stereocenters. The smallest absolute Gasteiger partial charge is 0.132 e. The maximum atomic E-state index is 13.6. The SMILES string of the molecule is Cc1c(F)cc(C2(C#N)CC2)c(C)c1F. The highest BCUT2D eigenvalue weighted by atomic mass is 19.1. The van der Waals surface area contributed by atoms with E-state index in [1.54, 1.807) is 6.92 Å². The van der Waals surface area contributed by atoms with Gasteiger partial charge in [0.05, 0.1) is 11.5 Å². The van der Waals surface area contributed by atoms with Crippen LogP contribution in [0.3, 0.4) is 0 Å². The zero-order valence-corrected chi connectivity index (χ0v) is 8.69. The highest BCUT2D eigenvalue weighted by Crippen LogP contribution is 2.49. The quantitative estimate of drug-likeness (QED) is 0.694. The van der Waals surface area contributed by atoms with Crippen LogP contribution in [0.25, 0.3) is 0 Å². The molecule has 1 saturated carbocycles. The zero-order valence-electron chi connectivity index (χ0n) is 8.69. The van der Waals surface area contributed by atoms with Gasteiger partial charge in [-0.05, 0) is 43.9 Å². The highest BCUT2D eigenvalue weighted by Gasteiger charge is 2.46. The van der Waals surface area contributed by atoms with Gasteiger partial charge in [-0.25, -0.2) is 8.78 Å². The summed E-state index contributed by atoms with van der Waals surface area (Å²) < 4.78 is 27.0. The van der Waals surface area contributed by atoms with Crippen molar-refractivity contribution in [1.82, 2.24) is 0 Å². The Morgan fingerprint density at radius 3 is 2.33 bits per heavy atom. The normalized spacial score (nSPS) is 17.3. The molecule has 0 amide bonds. The summed E-state index contributed by atoms with van der Waals surface area (Å²) in [4.78, 5) is 0. The van der Waals surface area contributed by atoms with Gasteiger partial charge in [-0.1, -0.05) is 0 Å². The van der Waals surface area contributed by atoms with Crippen LogP contribution in [0, 0.1) is 36.8 Å². The first kappa shape index (κ1) is 10.1. The summed E-state index contributed by atoms with van der Waals surface area (Å²) in [5.41, 5.74) is 0.336. The van der Waals surface area contributed by atoms with Crippen LogP contribution >= 0.6 is 0 Å². The summed E-state index contributed by atoms with van der Waals surface area (Å²) in [6.07, 6.45) is 1.40. The Bertz CT molecular complexity index is 467. The van der Waals surface area contributed by atoms with E-state index in [1.807, 2.05) is 0 Å². The molecule has 1 nitrogen and oxygen atoms in total. The van der Waals surface area contributed by atoms with E-state index in [0.717, 1.165) is 0 Å². The van der Waals surface area contributed by atoms with E-state index < -0.39 is 17.0 Å². The second kappa shape index (κ2) is 3.03. The van der Waals surface area contributed by atoms with Gasteiger partial charge in [-0.3, -0.25) is 0 Å². The predicted octanol–water partition coefficient (Wildman–Crippen LogP) is 3.14. The molecule has 0 radical (unpaired) electrons. The first-order valence-corrected chi connectivity index (χ1v) is 4.89. The number of rotatable bonds is 1. The fraction of sp³-hybridized carbons (Fsp3) is 0.417. The van der Waals surface area contributed by atoms with Gasteiger partial charge in [0.15, 0.2) is 0 Å². The highest BCUT2D eigenvalue weighted by molar-refractivity contribution is 5.46. The van der Waals surface area contributed by atoms with Gasteiger partial charge < -0.3 is 0 Å². The molecule has 0 aliphatic heterocycles. The van der Waals surface area contributed by atoms with Crippen molar-refractivity contribution in [2.45, 2.75) is 32.1 Å². The molecule has 0 aromatic heterocycles. The van der Waals surface area contributed by atoms with Crippen molar-refractivity contribution < 1.29 is 8.78 Å². The van der Waals surface area contributed by atoms with E-state index in [0.29, 0.717) is 24.0 Å². The van der Waals surface area contributed by atoms with Crippen molar-refractivity contribution in [2.75, 3.05) is 0 Å². The number of nitrogens with zero attached hydrogens (tertiary/aromatic N) is 1. The molecule has 0 bridgehead atoms. The second-order valence-electron chi connectivity index (χ2n) is 4.16. The Balaban J connectivity index is 2.65. The lowest BCUT2D eigenvalue weighted by Crippen LogP contribution is -2.09. The van der Waals surface area contributed by atoms with Crippen LogP contribution in [0.2, 0.25) is 0 Å². The van der Waals surface area contributed by atoms with Crippen molar-refractivity contribution in [3.8, 4) is 6.07 Å². The molecule has 0 atom stereocenters. The summed E-state index contributed by atoms with van der Waals surface area (Å²) >= 11 is 0. The van der Waals surface area contributed by atoms with Gasteiger partial charge in [0.25, 0.3) is 0 Å². The molecule has 1 aliphatic carbocycles. The lowest BCUT2D eigenvalue weighted by Gasteiger charge is -2.13. The van der Waals surface area contributed by atoms with Crippen LogP contribution < -0.4 is 0 Å². The first-order chi connectivity index (χ1) is 7.02. The van der Waals surface area contributed by atoms with E-state index in [1.165, 1.54) is 13.0 Å². The number of hydrogen-bond acceptors (Lipinski definition) is 1. The Hall–Kier alpha value is -1.43. The molecule has 0 heterocycles. The third kappa shape index (κ3) is 1.32. The molecule has 1 aromatic rings. The molecule has 78 valence electrons. The van der Waals surface area contributed by atoms with Crippen LogP contribution in [0.4, 0.5) is 8.78 Å². The topological polar surface area (TPSA) is 23.8 Å². The molecule has 0 spiro atoms. The third-order valence-corrected chi connectivity index (χ3v) is 3.17. The average molecular weight is 207 g/mol. The Kier molecular flexibility index (Phi) is 2.04.